The lowest BCUT2D eigenvalue weighted by Crippen LogP contribution is -2.43. The van der Waals surface area contributed by atoms with Crippen molar-refractivity contribution in [2.75, 3.05) is 27.3 Å². The average Bonchev–Trinajstić information content (AvgIpc) is 3.71. The number of hydrogen-bond acceptors (Lipinski definition) is 8. The summed E-state index contributed by atoms with van der Waals surface area (Å²) in [4.78, 5) is 36.7. The molecular formula is C42H48Cl2N6O5. The molecule has 13 heteroatoms. The molecule has 0 spiro atoms. The van der Waals surface area contributed by atoms with Gasteiger partial charge in [0.2, 0.25) is 11.8 Å². The zero-order valence-electron chi connectivity index (χ0n) is 32.3. The molecule has 0 saturated carbocycles. The molecule has 0 radical (unpaired) electrons. The van der Waals surface area contributed by atoms with E-state index in [-0.39, 0.29) is 24.6 Å². The van der Waals surface area contributed by atoms with E-state index in [1.54, 1.807) is 12.0 Å². The van der Waals surface area contributed by atoms with Gasteiger partial charge < -0.3 is 34.3 Å². The number of hydrogen-bond donors (Lipinski definition) is 2. The molecule has 2 aromatic carbocycles. The highest BCUT2D eigenvalue weighted by Gasteiger charge is 2.29. The van der Waals surface area contributed by atoms with Gasteiger partial charge in [-0.25, -0.2) is 14.8 Å². The number of nitrogens with zero attached hydrogens (tertiary/aromatic N) is 4. The minimum absolute atomic E-state index is 0.0263. The molecule has 55 heavy (non-hydrogen) atoms. The third-order valence-corrected chi connectivity index (χ3v) is 10.4. The number of pyridine rings is 2. The quantitative estimate of drug-likeness (QED) is 0.122. The molecule has 11 nitrogen and oxygen atoms in total. The Morgan fingerprint density at radius 3 is 2.20 bits per heavy atom. The van der Waals surface area contributed by atoms with Gasteiger partial charge in [-0.1, -0.05) is 59.6 Å². The molecule has 6 rings (SSSR count). The van der Waals surface area contributed by atoms with E-state index < -0.39 is 11.7 Å². The van der Waals surface area contributed by atoms with E-state index in [1.807, 2.05) is 93.9 Å². The first kappa shape index (κ1) is 40.0. The standard InChI is InChI=1S/C42H48Cl2N6O5/c1-25(53-6)20-45-21-27-22-49(5)39-29(27)16-18-34(47-39)32-12-8-10-30(37(32)43)31-11-9-13-33(38(31)44)35-17-14-26(40(48-35)54-7)23-50(41(52)55-42(2,3)4)24-28-15-19-36(51)46-28/h8-14,16-18,22,25,28,45H,15,19-21,23-24H2,1-7H3,(H,46,51)/t25?,28-/m0/s1. The lowest BCUT2D eigenvalue weighted by atomic mass is 9.98. The summed E-state index contributed by atoms with van der Waals surface area (Å²) >= 11 is 14.4. The molecule has 0 aliphatic carbocycles. The van der Waals surface area contributed by atoms with Crippen LogP contribution in [0.15, 0.2) is 66.9 Å². The van der Waals surface area contributed by atoms with Gasteiger partial charge in [0.15, 0.2) is 0 Å². The number of methoxy groups -OCH3 is 2. The van der Waals surface area contributed by atoms with E-state index in [9.17, 15) is 9.59 Å². The highest BCUT2D eigenvalue weighted by atomic mass is 35.5. The number of nitrogens with one attached hydrogen (secondary N) is 2. The number of amides is 2. The van der Waals surface area contributed by atoms with E-state index in [0.717, 1.165) is 45.5 Å². The highest BCUT2D eigenvalue weighted by molar-refractivity contribution is 6.39. The molecule has 1 unspecified atom stereocenters. The van der Waals surface area contributed by atoms with Gasteiger partial charge in [0.1, 0.15) is 11.2 Å². The summed E-state index contributed by atoms with van der Waals surface area (Å²) in [7, 11) is 5.24. The van der Waals surface area contributed by atoms with Crippen LogP contribution in [0.2, 0.25) is 10.0 Å². The van der Waals surface area contributed by atoms with Crippen molar-refractivity contribution >= 4 is 46.2 Å². The highest BCUT2D eigenvalue weighted by Crippen LogP contribution is 2.42. The number of aromatic nitrogens is 3. The van der Waals surface area contributed by atoms with E-state index in [1.165, 1.54) is 7.11 Å². The zero-order chi connectivity index (χ0) is 39.4. The minimum atomic E-state index is -0.693. The van der Waals surface area contributed by atoms with E-state index >= 15 is 0 Å². The molecule has 4 heterocycles. The number of carbonyl (C=O) groups excluding carboxylic acids is 2. The van der Waals surface area contributed by atoms with Crippen LogP contribution in [-0.4, -0.2) is 76.5 Å². The van der Waals surface area contributed by atoms with Gasteiger partial charge in [0.05, 0.1) is 41.2 Å². The number of fused-ring (bicyclic) bond motifs is 1. The molecule has 1 fully saturated rings. The molecule has 2 amide bonds. The van der Waals surface area contributed by atoms with Crippen molar-refractivity contribution in [3.63, 3.8) is 0 Å². The maximum absolute atomic E-state index is 13.3. The van der Waals surface area contributed by atoms with Crippen LogP contribution in [0.1, 0.15) is 51.7 Å². The van der Waals surface area contributed by atoms with Gasteiger partial charge in [0.25, 0.3) is 0 Å². The largest absolute Gasteiger partial charge is 0.481 e. The Morgan fingerprint density at radius 1 is 0.964 bits per heavy atom. The van der Waals surface area contributed by atoms with Crippen molar-refractivity contribution in [1.82, 2.24) is 30.1 Å². The zero-order valence-corrected chi connectivity index (χ0v) is 33.8. The summed E-state index contributed by atoms with van der Waals surface area (Å²) in [6, 6.07) is 19.2. The number of aryl methyl sites for hydroxylation is 1. The molecule has 3 aromatic heterocycles. The summed E-state index contributed by atoms with van der Waals surface area (Å²) in [6.45, 7) is 9.40. The molecule has 1 saturated heterocycles. The van der Waals surface area contributed by atoms with Crippen molar-refractivity contribution in [2.45, 2.75) is 71.4 Å². The molecule has 2 atom stereocenters. The van der Waals surface area contributed by atoms with E-state index in [0.29, 0.717) is 58.7 Å². The van der Waals surface area contributed by atoms with Gasteiger partial charge in [-0.15, -0.1) is 0 Å². The molecule has 290 valence electrons. The van der Waals surface area contributed by atoms with Crippen LogP contribution in [0.4, 0.5) is 4.79 Å². The van der Waals surface area contributed by atoms with E-state index in [4.69, 9.17) is 47.4 Å². The summed E-state index contributed by atoms with van der Waals surface area (Å²) in [5.74, 6) is 0.315. The summed E-state index contributed by atoms with van der Waals surface area (Å²) in [5, 5.41) is 8.47. The SMILES string of the molecule is COc1nc(-c2cccc(-c3cccc(-c4ccc5c(CNCC(C)OC)cn(C)c5n4)c3Cl)c2Cl)ccc1CN(C[C@@H]1CCC(=O)N1)C(=O)OC(C)(C)C. The fourth-order valence-corrected chi connectivity index (χ4v) is 7.37. The summed E-state index contributed by atoms with van der Waals surface area (Å²) in [5.41, 5.74) is 6.30. The Balaban J connectivity index is 1.27. The van der Waals surface area contributed by atoms with Crippen LogP contribution in [0.3, 0.4) is 0 Å². The normalized spacial score (nSPS) is 14.9. The fourth-order valence-electron chi connectivity index (χ4n) is 6.72. The van der Waals surface area contributed by atoms with Gasteiger partial charge in [-0.3, -0.25) is 4.79 Å². The van der Waals surface area contributed by atoms with Crippen molar-refractivity contribution in [1.29, 1.82) is 0 Å². The Morgan fingerprint density at radius 2 is 1.60 bits per heavy atom. The van der Waals surface area contributed by atoms with Gasteiger partial charge in [0, 0.05) is 85.7 Å². The predicted molar refractivity (Wildman–Crippen MR) is 217 cm³/mol. The molecule has 1 aliphatic heterocycles. The van der Waals surface area contributed by atoms with Gasteiger partial charge in [-0.2, -0.15) is 0 Å². The van der Waals surface area contributed by atoms with Crippen molar-refractivity contribution in [3.05, 3.63) is 88.0 Å². The Kier molecular flexibility index (Phi) is 12.4. The van der Waals surface area contributed by atoms with E-state index in [2.05, 4.69) is 22.9 Å². The second kappa shape index (κ2) is 17.0. The molecular weight excluding hydrogens is 739 g/mol. The lowest BCUT2D eigenvalue weighted by molar-refractivity contribution is -0.119. The number of rotatable bonds is 13. The molecule has 5 aromatic rings. The summed E-state index contributed by atoms with van der Waals surface area (Å²) < 4.78 is 18.9. The smallest absolute Gasteiger partial charge is 0.410 e. The predicted octanol–water partition coefficient (Wildman–Crippen LogP) is 8.42. The monoisotopic (exact) mass is 786 g/mol. The number of ether oxygens (including phenoxy) is 3. The van der Waals surface area contributed by atoms with Crippen LogP contribution >= 0.6 is 23.2 Å². The van der Waals surface area contributed by atoms with Crippen molar-refractivity contribution in [2.24, 2.45) is 7.05 Å². The van der Waals surface area contributed by atoms with Crippen molar-refractivity contribution < 1.29 is 23.8 Å². The van der Waals surface area contributed by atoms with Crippen LogP contribution in [-0.2, 0) is 34.4 Å². The first-order valence-electron chi connectivity index (χ1n) is 18.3. The third kappa shape index (κ3) is 9.24. The van der Waals surface area contributed by atoms with Crippen LogP contribution < -0.4 is 15.4 Å². The van der Waals surface area contributed by atoms with Crippen LogP contribution in [0.5, 0.6) is 5.88 Å². The van der Waals surface area contributed by atoms with Crippen LogP contribution in [0.25, 0.3) is 44.7 Å². The average molecular weight is 788 g/mol. The first-order chi connectivity index (χ1) is 26.3. The molecule has 2 N–H and O–H groups in total. The van der Waals surface area contributed by atoms with Gasteiger partial charge >= 0.3 is 6.09 Å². The number of benzene rings is 2. The second-order valence-corrected chi connectivity index (χ2v) is 15.6. The number of carbonyl (C=O) groups is 2. The Hall–Kier alpha value is -4.68. The summed E-state index contributed by atoms with van der Waals surface area (Å²) in [6.07, 6.45) is 2.80. The Labute approximate surface area is 332 Å². The Bertz CT molecular complexity index is 2200. The first-order valence-corrected chi connectivity index (χ1v) is 19.1. The van der Waals surface area contributed by atoms with Gasteiger partial charge in [-0.05, 0) is 63.9 Å². The molecule has 1 aliphatic rings. The lowest BCUT2D eigenvalue weighted by Gasteiger charge is -2.29. The maximum Gasteiger partial charge on any atom is 0.410 e. The maximum atomic E-state index is 13.3. The fraction of sp³-hybridized carbons (Fsp3) is 0.381. The third-order valence-electron chi connectivity index (χ3n) is 9.56. The second-order valence-electron chi connectivity index (χ2n) is 14.9. The molecule has 0 bridgehead atoms. The minimum Gasteiger partial charge on any atom is -0.481 e. The topological polar surface area (TPSA) is 120 Å². The van der Waals surface area contributed by atoms with Crippen LogP contribution in [0, 0.1) is 0 Å². The number of halogens is 2. The van der Waals surface area contributed by atoms with Crippen molar-refractivity contribution in [3.8, 4) is 39.5 Å².